The van der Waals surface area contributed by atoms with Gasteiger partial charge in [-0.3, -0.25) is 0 Å². The van der Waals surface area contributed by atoms with E-state index in [1.165, 1.54) is 46.4 Å². The molecule has 0 aliphatic carbocycles. The Kier molecular flexibility index (Phi) is 8.75. The normalized spacial score (nSPS) is 19.6. The van der Waals surface area contributed by atoms with Gasteiger partial charge in [0.2, 0.25) is 0 Å². The average Bonchev–Trinajstić information content (AvgIpc) is 3.57. The number of rotatable bonds is 10. The van der Waals surface area contributed by atoms with Crippen molar-refractivity contribution in [3.05, 3.63) is 101 Å². The molecule has 2 aliphatic rings. The Morgan fingerprint density at radius 2 is 1.81 bits per heavy atom. The van der Waals surface area contributed by atoms with Gasteiger partial charge in [0.25, 0.3) is 0 Å². The van der Waals surface area contributed by atoms with Crippen LogP contribution in [0.3, 0.4) is 0 Å². The highest BCUT2D eigenvalue weighted by Crippen LogP contribution is 2.46. The fraction of sp³-hybridized carbons (Fsp3) is 0.432. The number of nitrogens with zero attached hydrogens (tertiary/aromatic N) is 2. The molecule has 2 aliphatic heterocycles. The number of hydrogen-bond donors (Lipinski definition) is 2. The SMILES string of the molecule is CCC(Cc1c(C(C)c2ccc3c(c2)C2CCN(CC)CC2N3CC)[nH]c2ccccc12)NC(=O)OCc1ccccc1. The zero-order valence-electron chi connectivity index (χ0n) is 26.1. The van der Waals surface area contributed by atoms with Crippen LogP contribution in [-0.4, -0.2) is 54.2 Å². The number of anilines is 1. The zero-order chi connectivity index (χ0) is 29.9. The number of ether oxygens (including phenoxy) is 1. The van der Waals surface area contributed by atoms with Crippen molar-refractivity contribution < 1.29 is 9.53 Å². The molecule has 3 heterocycles. The summed E-state index contributed by atoms with van der Waals surface area (Å²) in [4.78, 5) is 21.8. The van der Waals surface area contributed by atoms with Crippen molar-refractivity contribution in [2.45, 2.75) is 77.5 Å². The molecule has 4 aromatic rings. The van der Waals surface area contributed by atoms with Crippen LogP contribution in [0.1, 0.15) is 80.3 Å². The molecule has 4 unspecified atom stereocenters. The molecule has 0 radical (unpaired) electrons. The van der Waals surface area contributed by atoms with Crippen LogP contribution < -0.4 is 10.2 Å². The second-order valence-electron chi connectivity index (χ2n) is 12.3. The number of carbonyl (C=O) groups excluding carboxylic acids is 1. The summed E-state index contributed by atoms with van der Waals surface area (Å²) in [6.07, 6.45) is 2.42. The molecule has 43 heavy (non-hydrogen) atoms. The van der Waals surface area contributed by atoms with E-state index in [1.54, 1.807) is 0 Å². The smallest absolute Gasteiger partial charge is 0.407 e. The lowest BCUT2D eigenvalue weighted by molar-refractivity contribution is 0.135. The average molecular weight is 579 g/mol. The third-order valence-corrected chi connectivity index (χ3v) is 9.87. The first kappa shape index (κ1) is 29.3. The lowest BCUT2D eigenvalue weighted by Gasteiger charge is -2.38. The topological polar surface area (TPSA) is 60.6 Å². The summed E-state index contributed by atoms with van der Waals surface area (Å²) < 4.78 is 5.57. The Bertz CT molecular complexity index is 1550. The van der Waals surface area contributed by atoms with Crippen molar-refractivity contribution >= 4 is 22.7 Å². The number of para-hydroxylation sites is 1. The molecule has 1 aromatic heterocycles. The predicted molar refractivity (Wildman–Crippen MR) is 176 cm³/mol. The third-order valence-electron chi connectivity index (χ3n) is 9.87. The number of amides is 1. The quantitative estimate of drug-likeness (QED) is 0.204. The summed E-state index contributed by atoms with van der Waals surface area (Å²) in [5.74, 6) is 0.794. The van der Waals surface area contributed by atoms with E-state index in [1.807, 2.05) is 30.3 Å². The molecule has 6 rings (SSSR count). The highest BCUT2D eigenvalue weighted by Gasteiger charge is 2.41. The summed E-state index contributed by atoms with van der Waals surface area (Å²) in [5, 5.41) is 4.38. The minimum atomic E-state index is -0.368. The summed E-state index contributed by atoms with van der Waals surface area (Å²) in [6, 6.07) is 26.1. The molecule has 4 atom stereocenters. The molecule has 0 bridgehead atoms. The van der Waals surface area contributed by atoms with Gasteiger partial charge in [-0.2, -0.15) is 0 Å². The Balaban J connectivity index is 1.25. The summed E-state index contributed by atoms with van der Waals surface area (Å²) in [5.41, 5.74) is 8.95. The fourth-order valence-corrected chi connectivity index (χ4v) is 7.40. The lowest BCUT2D eigenvalue weighted by atomic mass is 9.85. The van der Waals surface area contributed by atoms with Crippen molar-refractivity contribution in [1.82, 2.24) is 15.2 Å². The molecule has 1 amide bonds. The maximum atomic E-state index is 12.8. The molecule has 6 heteroatoms. The van der Waals surface area contributed by atoms with Crippen molar-refractivity contribution in [2.24, 2.45) is 0 Å². The number of likely N-dealkylation sites (tertiary alicyclic amines) is 1. The van der Waals surface area contributed by atoms with Crippen LogP contribution >= 0.6 is 0 Å². The van der Waals surface area contributed by atoms with Crippen molar-refractivity contribution in [3.8, 4) is 0 Å². The number of H-pyrrole nitrogens is 1. The fourth-order valence-electron chi connectivity index (χ4n) is 7.40. The maximum Gasteiger partial charge on any atom is 0.407 e. The molecule has 3 aromatic carbocycles. The lowest BCUT2D eigenvalue weighted by Crippen LogP contribution is -2.48. The number of likely N-dealkylation sites (N-methyl/N-ethyl adjacent to an activating group) is 2. The minimum Gasteiger partial charge on any atom is -0.445 e. The molecule has 6 nitrogen and oxygen atoms in total. The van der Waals surface area contributed by atoms with Gasteiger partial charge in [0, 0.05) is 59.3 Å². The Hall–Kier alpha value is -3.77. The molecular weight excluding hydrogens is 532 g/mol. The Morgan fingerprint density at radius 3 is 2.58 bits per heavy atom. The van der Waals surface area contributed by atoms with Crippen molar-refractivity contribution in [2.75, 3.05) is 31.1 Å². The number of hydrogen-bond acceptors (Lipinski definition) is 4. The number of piperidine rings is 1. The molecule has 1 fully saturated rings. The van der Waals surface area contributed by atoms with Crippen LogP contribution in [0.5, 0.6) is 0 Å². The third kappa shape index (κ3) is 5.90. The Morgan fingerprint density at radius 1 is 1.02 bits per heavy atom. The van der Waals surface area contributed by atoms with Crippen LogP contribution in [0.15, 0.2) is 72.8 Å². The summed E-state index contributed by atoms with van der Waals surface area (Å²) in [6.45, 7) is 13.8. The van der Waals surface area contributed by atoms with Crippen molar-refractivity contribution in [1.29, 1.82) is 0 Å². The van der Waals surface area contributed by atoms with Crippen LogP contribution in [0, 0.1) is 0 Å². The maximum absolute atomic E-state index is 12.8. The summed E-state index contributed by atoms with van der Waals surface area (Å²) in [7, 11) is 0. The minimum absolute atomic E-state index is 0.0314. The van der Waals surface area contributed by atoms with Gasteiger partial charge in [0.1, 0.15) is 6.61 Å². The number of nitrogens with one attached hydrogen (secondary N) is 2. The van der Waals surface area contributed by atoms with Gasteiger partial charge in [-0.25, -0.2) is 4.79 Å². The van der Waals surface area contributed by atoms with E-state index in [0.717, 1.165) is 43.6 Å². The Labute approximate surface area is 256 Å². The van der Waals surface area contributed by atoms with E-state index in [2.05, 4.69) is 90.3 Å². The molecular formula is C37H46N4O2. The first-order chi connectivity index (χ1) is 21.0. The highest BCUT2D eigenvalue weighted by atomic mass is 16.5. The van der Waals surface area contributed by atoms with Crippen LogP contribution in [0.25, 0.3) is 10.9 Å². The largest absolute Gasteiger partial charge is 0.445 e. The predicted octanol–water partition coefficient (Wildman–Crippen LogP) is 7.58. The van der Waals surface area contributed by atoms with E-state index in [4.69, 9.17) is 4.74 Å². The van der Waals surface area contributed by atoms with E-state index in [0.29, 0.717) is 12.0 Å². The highest BCUT2D eigenvalue weighted by molar-refractivity contribution is 5.85. The van der Waals surface area contributed by atoms with Gasteiger partial charge in [-0.15, -0.1) is 0 Å². The number of benzene rings is 3. The number of carbonyl (C=O) groups is 1. The van der Waals surface area contributed by atoms with Crippen LogP contribution in [0.4, 0.5) is 10.5 Å². The van der Waals surface area contributed by atoms with Crippen LogP contribution in [0.2, 0.25) is 0 Å². The molecule has 0 spiro atoms. The standard InChI is InChI=1S/C37H46N4O2/c1-5-28(38-37(42)43-24-26-13-9-8-10-14-26)22-32-29-15-11-12-16-33(29)39-36(32)25(4)27-17-18-34-31(21-27)30-19-20-40(6-2)23-35(30)41(34)7-3/h8-18,21,25,28,30,35,39H,5-7,19-20,22-24H2,1-4H3,(H,38,42). The van der Waals surface area contributed by atoms with Gasteiger partial charge < -0.3 is 24.8 Å². The van der Waals surface area contributed by atoms with Crippen molar-refractivity contribution in [3.63, 3.8) is 0 Å². The van der Waals surface area contributed by atoms with E-state index >= 15 is 0 Å². The molecule has 1 saturated heterocycles. The van der Waals surface area contributed by atoms with Gasteiger partial charge in [0.05, 0.1) is 0 Å². The van der Waals surface area contributed by atoms with E-state index < -0.39 is 0 Å². The first-order valence-electron chi connectivity index (χ1n) is 16.2. The summed E-state index contributed by atoms with van der Waals surface area (Å²) >= 11 is 0. The number of alkyl carbamates (subject to hydrolysis) is 1. The van der Waals surface area contributed by atoms with Gasteiger partial charge in [-0.05, 0) is 73.7 Å². The van der Waals surface area contributed by atoms with E-state index in [9.17, 15) is 4.79 Å². The molecule has 0 saturated carbocycles. The number of aromatic nitrogens is 1. The molecule has 2 N–H and O–H groups in total. The first-order valence-corrected chi connectivity index (χ1v) is 16.2. The zero-order valence-corrected chi connectivity index (χ0v) is 26.1. The second-order valence-corrected chi connectivity index (χ2v) is 12.3. The number of fused-ring (bicyclic) bond motifs is 4. The van der Waals surface area contributed by atoms with Crippen LogP contribution in [-0.2, 0) is 17.8 Å². The van der Waals surface area contributed by atoms with Gasteiger partial charge >= 0.3 is 6.09 Å². The van der Waals surface area contributed by atoms with Gasteiger partial charge in [-0.1, -0.05) is 81.4 Å². The number of aromatic amines is 1. The monoisotopic (exact) mass is 578 g/mol. The molecule has 226 valence electrons. The second kappa shape index (κ2) is 12.8. The van der Waals surface area contributed by atoms with E-state index in [-0.39, 0.29) is 24.7 Å². The van der Waals surface area contributed by atoms with Gasteiger partial charge in [0.15, 0.2) is 0 Å².